The summed E-state index contributed by atoms with van der Waals surface area (Å²) in [6.07, 6.45) is -7.47. The van der Waals surface area contributed by atoms with Gasteiger partial charge in [0.25, 0.3) is 0 Å². The highest BCUT2D eigenvalue weighted by Crippen LogP contribution is 2.56. The van der Waals surface area contributed by atoms with Gasteiger partial charge in [0.05, 0.1) is 12.0 Å². The second-order valence-corrected chi connectivity index (χ2v) is 6.06. The van der Waals surface area contributed by atoms with Crippen LogP contribution >= 0.6 is 0 Å². The number of pyridine rings is 1. The van der Waals surface area contributed by atoms with E-state index in [4.69, 9.17) is 0 Å². The lowest BCUT2D eigenvalue weighted by atomic mass is 10.1. The molecule has 0 atom stereocenters. The van der Waals surface area contributed by atoms with E-state index >= 15 is 0 Å². The molecule has 0 aliphatic heterocycles. The predicted molar refractivity (Wildman–Crippen MR) is 78.2 cm³/mol. The van der Waals surface area contributed by atoms with Gasteiger partial charge in [0.15, 0.2) is 6.61 Å². The van der Waals surface area contributed by atoms with Crippen molar-refractivity contribution in [3.8, 4) is 5.88 Å². The van der Waals surface area contributed by atoms with Crippen LogP contribution in [0, 0.1) is 5.41 Å². The van der Waals surface area contributed by atoms with Gasteiger partial charge in [0.2, 0.25) is 11.8 Å². The lowest BCUT2D eigenvalue weighted by molar-refractivity contribution is -0.185. The normalized spacial score (nSPS) is 16.2. The minimum Gasteiger partial charge on any atom is -0.468 e. The van der Waals surface area contributed by atoms with Gasteiger partial charge in [-0.1, -0.05) is 0 Å². The molecule has 26 heavy (non-hydrogen) atoms. The summed E-state index contributed by atoms with van der Waals surface area (Å²) < 4.78 is 79.0. The molecular weight excluding hydrogens is 368 g/mol. The molecule has 0 bridgehead atoms. The fourth-order valence-corrected chi connectivity index (χ4v) is 2.18. The van der Waals surface area contributed by atoms with Gasteiger partial charge in [-0.05, 0) is 24.5 Å². The molecule has 1 aliphatic rings. The minimum atomic E-state index is -4.49. The zero-order valence-corrected chi connectivity index (χ0v) is 13.5. The second kappa shape index (κ2) is 7.68. The molecule has 5 nitrogen and oxygen atoms in total. The molecule has 0 spiro atoms. The maximum Gasteiger partial charge on any atom is 0.422 e. The summed E-state index contributed by atoms with van der Waals surface area (Å²) in [5.41, 5.74) is -1.29. The summed E-state index contributed by atoms with van der Waals surface area (Å²) in [5.74, 6) is -0.773. The highest BCUT2D eigenvalue weighted by Gasteiger charge is 2.62. The number of halogens is 6. The van der Waals surface area contributed by atoms with Crippen LogP contribution < -0.4 is 15.4 Å². The summed E-state index contributed by atoms with van der Waals surface area (Å²) in [6.45, 7) is -2.12. The fraction of sp³-hybridized carbons (Fsp3) is 0.600. The molecule has 2 N–H and O–H groups in total. The van der Waals surface area contributed by atoms with Gasteiger partial charge in [0.1, 0.15) is 0 Å². The van der Waals surface area contributed by atoms with Gasteiger partial charge in [-0.3, -0.25) is 4.79 Å². The number of nitrogens with zero attached hydrogens (tertiary/aromatic N) is 1. The monoisotopic (exact) mass is 385 g/mol. The van der Waals surface area contributed by atoms with Crippen molar-refractivity contribution in [3.63, 3.8) is 0 Å². The van der Waals surface area contributed by atoms with Crippen LogP contribution in [0.25, 0.3) is 0 Å². The Morgan fingerprint density at radius 1 is 1.23 bits per heavy atom. The second-order valence-electron chi connectivity index (χ2n) is 6.06. The van der Waals surface area contributed by atoms with Crippen LogP contribution in [0.4, 0.5) is 26.3 Å². The van der Waals surface area contributed by atoms with E-state index < -0.39 is 30.3 Å². The van der Waals surface area contributed by atoms with E-state index in [2.05, 4.69) is 20.4 Å². The molecule has 0 radical (unpaired) electrons. The van der Waals surface area contributed by atoms with E-state index in [0.29, 0.717) is 5.56 Å². The highest BCUT2D eigenvalue weighted by molar-refractivity contribution is 5.77. The van der Waals surface area contributed by atoms with Gasteiger partial charge >= 0.3 is 12.4 Å². The topological polar surface area (TPSA) is 63.2 Å². The Bertz CT molecular complexity index is 629. The number of carbonyl (C=O) groups is 1. The first-order valence-corrected chi connectivity index (χ1v) is 7.69. The summed E-state index contributed by atoms with van der Waals surface area (Å²) in [7, 11) is 0. The molecule has 1 aromatic rings. The quantitative estimate of drug-likeness (QED) is 0.676. The van der Waals surface area contributed by atoms with Gasteiger partial charge in [-0.25, -0.2) is 4.98 Å². The van der Waals surface area contributed by atoms with Gasteiger partial charge in [-0.15, -0.1) is 0 Å². The molecule has 146 valence electrons. The molecule has 11 heteroatoms. The zero-order chi connectivity index (χ0) is 19.4. The van der Waals surface area contributed by atoms with Crippen LogP contribution in [0.5, 0.6) is 5.88 Å². The van der Waals surface area contributed by atoms with Crippen LogP contribution in [0.3, 0.4) is 0 Å². The number of amides is 1. The van der Waals surface area contributed by atoms with Crippen molar-refractivity contribution in [3.05, 3.63) is 23.9 Å². The third-order valence-electron chi connectivity index (χ3n) is 3.88. The number of carbonyl (C=O) groups excluding carboxylic acids is 1. The van der Waals surface area contributed by atoms with Gasteiger partial charge in [0, 0.05) is 25.4 Å². The van der Waals surface area contributed by atoms with E-state index in [1.165, 1.54) is 18.3 Å². The van der Waals surface area contributed by atoms with E-state index in [1.54, 1.807) is 0 Å². The van der Waals surface area contributed by atoms with Crippen LogP contribution in [0.1, 0.15) is 18.4 Å². The Morgan fingerprint density at radius 3 is 2.50 bits per heavy atom. The number of hydrogen-bond donors (Lipinski definition) is 2. The minimum absolute atomic E-state index is 0.0180. The summed E-state index contributed by atoms with van der Waals surface area (Å²) in [6, 6.07) is 2.71. The predicted octanol–water partition coefficient (Wildman–Crippen LogP) is 2.57. The molecule has 1 saturated carbocycles. The number of rotatable bonds is 8. The van der Waals surface area contributed by atoms with E-state index in [9.17, 15) is 31.1 Å². The molecule has 0 aromatic carbocycles. The van der Waals surface area contributed by atoms with Crippen molar-refractivity contribution >= 4 is 5.91 Å². The van der Waals surface area contributed by atoms with Crippen molar-refractivity contribution < 1.29 is 35.9 Å². The SMILES string of the molecule is O=C(CNCC1(C(F)(F)F)CC1)NCc1ccnc(OCC(F)(F)F)c1. The van der Waals surface area contributed by atoms with E-state index in [0.717, 1.165) is 0 Å². The van der Waals surface area contributed by atoms with Crippen LogP contribution in [0.15, 0.2) is 18.3 Å². The van der Waals surface area contributed by atoms with Crippen molar-refractivity contribution in [1.82, 2.24) is 15.6 Å². The van der Waals surface area contributed by atoms with Gasteiger partial charge < -0.3 is 15.4 Å². The number of alkyl halides is 6. The molecule has 1 amide bonds. The average molecular weight is 385 g/mol. The molecule has 0 saturated heterocycles. The zero-order valence-electron chi connectivity index (χ0n) is 13.5. The first-order valence-electron chi connectivity index (χ1n) is 7.69. The molecule has 1 aliphatic carbocycles. The number of ether oxygens (including phenoxy) is 1. The maximum absolute atomic E-state index is 12.7. The third kappa shape index (κ3) is 6.04. The average Bonchev–Trinajstić information content (AvgIpc) is 3.32. The summed E-state index contributed by atoms with van der Waals surface area (Å²) >= 11 is 0. The Labute approximate surface area is 145 Å². The molecule has 1 aromatic heterocycles. The fourth-order valence-electron chi connectivity index (χ4n) is 2.18. The van der Waals surface area contributed by atoms with Crippen molar-refractivity contribution in [1.29, 1.82) is 0 Å². The first-order chi connectivity index (χ1) is 12.0. The largest absolute Gasteiger partial charge is 0.468 e. The molecule has 2 rings (SSSR count). The highest BCUT2D eigenvalue weighted by atomic mass is 19.4. The summed E-state index contributed by atoms with van der Waals surface area (Å²) in [4.78, 5) is 15.3. The number of hydrogen-bond acceptors (Lipinski definition) is 4. The number of aromatic nitrogens is 1. The standard InChI is InChI=1S/C15H17F6N3O2/c16-14(17,18)9-26-12-5-10(1-4-23-12)6-24-11(25)7-22-8-13(2-3-13)15(19,20)21/h1,4-5,22H,2-3,6-9H2,(H,24,25). The Kier molecular flexibility index (Phi) is 5.99. The lowest BCUT2D eigenvalue weighted by Gasteiger charge is -2.19. The Balaban J connectivity index is 1.72. The van der Waals surface area contributed by atoms with Crippen molar-refractivity contribution in [2.24, 2.45) is 5.41 Å². The Morgan fingerprint density at radius 2 is 1.92 bits per heavy atom. The number of nitrogens with one attached hydrogen (secondary N) is 2. The molecule has 0 unspecified atom stereocenters. The van der Waals surface area contributed by atoms with Crippen molar-refractivity contribution in [2.75, 3.05) is 19.7 Å². The first kappa shape index (κ1) is 20.3. The molecule has 1 heterocycles. The molecule has 1 fully saturated rings. The van der Waals surface area contributed by atoms with Crippen LogP contribution in [-0.2, 0) is 11.3 Å². The maximum atomic E-state index is 12.7. The van der Waals surface area contributed by atoms with Crippen molar-refractivity contribution in [2.45, 2.75) is 31.7 Å². The van der Waals surface area contributed by atoms with Gasteiger partial charge in [-0.2, -0.15) is 26.3 Å². The molecular formula is C15H17F6N3O2. The smallest absolute Gasteiger partial charge is 0.422 e. The van der Waals surface area contributed by atoms with Crippen LogP contribution in [-0.4, -0.2) is 42.9 Å². The summed E-state index contributed by atoms with van der Waals surface area (Å²) in [5, 5.41) is 4.94. The third-order valence-corrected chi connectivity index (χ3v) is 3.88. The van der Waals surface area contributed by atoms with Crippen LogP contribution in [0.2, 0.25) is 0 Å². The van der Waals surface area contributed by atoms with E-state index in [1.807, 2.05) is 0 Å². The Hall–Kier alpha value is -2.04. The van der Waals surface area contributed by atoms with E-state index in [-0.39, 0.29) is 38.4 Å². The lowest BCUT2D eigenvalue weighted by Crippen LogP contribution is -2.40.